The van der Waals surface area contributed by atoms with Crippen LogP contribution in [0.2, 0.25) is 0 Å². The smallest absolute Gasteiger partial charge is 0.329 e. The molecule has 1 N–H and O–H groups in total. The molecule has 0 saturated heterocycles. The minimum atomic E-state index is -0.861. The van der Waals surface area contributed by atoms with Crippen LogP contribution in [0.5, 0.6) is 0 Å². The van der Waals surface area contributed by atoms with E-state index in [1.54, 1.807) is 0 Å². The Balaban J connectivity index is 2.31. The van der Waals surface area contributed by atoms with E-state index >= 15 is 0 Å². The summed E-state index contributed by atoms with van der Waals surface area (Å²) in [5, 5.41) is 8.48. The molecule has 0 amide bonds. The first-order valence-corrected chi connectivity index (χ1v) is 5.07. The highest BCUT2D eigenvalue weighted by Crippen LogP contribution is 2.28. The molecule has 0 radical (unpaired) electrons. The van der Waals surface area contributed by atoms with Crippen molar-refractivity contribution in [2.45, 2.75) is 45.1 Å². The zero-order chi connectivity index (χ0) is 9.68. The van der Waals surface area contributed by atoms with Crippen molar-refractivity contribution in [3.63, 3.8) is 0 Å². The number of ether oxygens (including phenoxy) is 1. The third-order valence-corrected chi connectivity index (χ3v) is 2.78. The van der Waals surface area contributed by atoms with Crippen molar-refractivity contribution in [3.8, 4) is 0 Å². The van der Waals surface area contributed by atoms with E-state index in [9.17, 15) is 4.79 Å². The SMILES string of the molecule is CCC1CCCCC1OCC(=O)O. The van der Waals surface area contributed by atoms with E-state index in [-0.39, 0.29) is 12.7 Å². The zero-order valence-electron chi connectivity index (χ0n) is 8.16. The van der Waals surface area contributed by atoms with E-state index in [0.717, 1.165) is 12.8 Å². The van der Waals surface area contributed by atoms with Gasteiger partial charge in [-0.3, -0.25) is 0 Å². The van der Waals surface area contributed by atoms with Gasteiger partial charge in [0.15, 0.2) is 0 Å². The van der Waals surface area contributed by atoms with Gasteiger partial charge in [0.2, 0.25) is 0 Å². The van der Waals surface area contributed by atoms with Gasteiger partial charge in [0.1, 0.15) is 6.61 Å². The van der Waals surface area contributed by atoms with Crippen LogP contribution in [0.3, 0.4) is 0 Å². The number of hydrogen-bond acceptors (Lipinski definition) is 2. The summed E-state index contributed by atoms with van der Waals surface area (Å²) >= 11 is 0. The monoisotopic (exact) mass is 186 g/mol. The largest absolute Gasteiger partial charge is 0.480 e. The predicted molar refractivity (Wildman–Crippen MR) is 49.6 cm³/mol. The molecule has 0 aromatic rings. The fourth-order valence-corrected chi connectivity index (χ4v) is 2.04. The first kappa shape index (κ1) is 10.5. The fraction of sp³-hybridized carbons (Fsp3) is 0.900. The Morgan fingerprint density at radius 1 is 1.46 bits per heavy atom. The fourth-order valence-electron chi connectivity index (χ4n) is 2.04. The van der Waals surface area contributed by atoms with Crippen LogP contribution in [0.15, 0.2) is 0 Å². The first-order valence-electron chi connectivity index (χ1n) is 5.07. The molecular formula is C10H18O3. The Morgan fingerprint density at radius 2 is 2.15 bits per heavy atom. The summed E-state index contributed by atoms with van der Waals surface area (Å²) in [4.78, 5) is 10.3. The maximum absolute atomic E-state index is 10.3. The van der Waals surface area contributed by atoms with E-state index in [4.69, 9.17) is 9.84 Å². The summed E-state index contributed by atoms with van der Waals surface area (Å²) in [5.74, 6) is -0.284. The van der Waals surface area contributed by atoms with Gasteiger partial charge in [-0.15, -0.1) is 0 Å². The molecule has 0 spiro atoms. The number of carboxylic acids is 1. The van der Waals surface area contributed by atoms with Gasteiger partial charge in [-0.05, 0) is 18.8 Å². The summed E-state index contributed by atoms with van der Waals surface area (Å²) in [7, 11) is 0. The molecule has 1 fully saturated rings. The lowest BCUT2D eigenvalue weighted by Gasteiger charge is -2.30. The van der Waals surface area contributed by atoms with Crippen LogP contribution in [-0.2, 0) is 9.53 Å². The molecular weight excluding hydrogens is 168 g/mol. The first-order chi connectivity index (χ1) is 6.24. The molecule has 2 atom stereocenters. The summed E-state index contributed by atoms with van der Waals surface area (Å²) in [6.07, 6.45) is 5.97. The molecule has 76 valence electrons. The number of rotatable bonds is 4. The van der Waals surface area contributed by atoms with Crippen LogP contribution in [0.4, 0.5) is 0 Å². The number of carboxylic acid groups (broad SMARTS) is 1. The van der Waals surface area contributed by atoms with Gasteiger partial charge in [-0.1, -0.05) is 26.2 Å². The van der Waals surface area contributed by atoms with E-state index in [1.807, 2.05) is 0 Å². The van der Waals surface area contributed by atoms with Gasteiger partial charge in [0.05, 0.1) is 6.10 Å². The molecule has 0 bridgehead atoms. The van der Waals surface area contributed by atoms with E-state index in [2.05, 4.69) is 6.92 Å². The Labute approximate surface area is 79.1 Å². The third-order valence-electron chi connectivity index (χ3n) is 2.78. The molecule has 1 rings (SSSR count). The van der Waals surface area contributed by atoms with Crippen molar-refractivity contribution in [1.82, 2.24) is 0 Å². The van der Waals surface area contributed by atoms with Gasteiger partial charge in [-0.2, -0.15) is 0 Å². The molecule has 13 heavy (non-hydrogen) atoms. The second-order valence-electron chi connectivity index (χ2n) is 3.70. The van der Waals surface area contributed by atoms with Crippen LogP contribution < -0.4 is 0 Å². The highest BCUT2D eigenvalue weighted by Gasteiger charge is 2.24. The lowest BCUT2D eigenvalue weighted by molar-refractivity contribution is -0.146. The average Bonchev–Trinajstić information content (AvgIpc) is 2.15. The second kappa shape index (κ2) is 5.22. The summed E-state index contributed by atoms with van der Waals surface area (Å²) in [6, 6.07) is 0. The lowest BCUT2D eigenvalue weighted by atomic mass is 9.85. The van der Waals surface area contributed by atoms with E-state index in [1.165, 1.54) is 19.3 Å². The number of aliphatic carboxylic acids is 1. The highest BCUT2D eigenvalue weighted by molar-refractivity contribution is 5.68. The van der Waals surface area contributed by atoms with Crippen molar-refractivity contribution >= 4 is 5.97 Å². The maximum Gasteiger partial charge on any atom is 0.329 e. The van der Waals surface area contributed by atoms with Crippen LogP contribution >= 0.6 is 0 Å². The van der Waals surface area contributed by atoms with Crippen LogP contribution in [-0.4, -0.2) is 23.8 Å². The van der Waals surface area contributed by atoms with Gasteiger partial charge in [-0.25, -0.2) is 4.79 Å². The van der Waals surface area contributed by atoms with Crippen LogP contribution in [0.1, 0.15) is 39.0 Å². The summed E-state index contributed by atoms with van der Waals surface area (Å²) in [5.41, 5.74) is 0. The van der Waals surface area contributed by atoms with Crippen molar-refractivity contribution in [2.75, 3.05) is 6.61 Å². The quantitative estimate of drug-likeness (QED) is 0.731. The molecule has 0 aromatic heterocycles. The Morgan fingerprint density at radius 3 is 2.77 bits per heavy atom. The third kappa shape index (κ3) is 3.35. The van der Waals surface area contributed by atoms with Crippen molar-refractivity contribution in [3.05, 3.63) is 0 Å². The average molecular weight is 186 g/mol. The lowest BCUT2D eigenvalue weighted by Crippen LogP contribution is -2.29. The molecule has 1 saturated carbocycles. The molecule has 0 heterocycles. The van der Waals surface area contributed by atoms with Crippen molar-refractivity contribution in [2.24, 2.45) is 5.92 Å². The molecule has 0 aliphatic heterocycles. The van der Waals surface area contributed by atoms with E-state index in [0.29, 0.717) is 5.92 Å². The molecule has 3 nitrogen and oxygen atoms in total. The standard InChI is InChI=1S/C10H18O3/c1-2-8-5-3-4-6-9(8)13-7-10(11)12/h8-9H,2-7H2,1H3,(H,11,12). The van der Waals surface area contributed by atoms with Crippen molar-refractivity contribution < 1.29 is 14.6 Å². The topological polar surface area (TPSA) is 46.5 Å². The Kier molecular flexibility index (Phi) is 4.22. The minimum Gasteiger partial charge on any atom is -0.480 e. The zero-order valence-corrected chi connectivity index (χ0v) is 8.16. The highest BCUT2D eigenvalue weighted by atomic mass is 16.5. The molecule has 0 aromatic carbocycles. The maximum atomic E-state index is 10.3. The van der Waals surface area contributed by atoms with Crippen LogP contribution in [0, 0.1) is 5.92 Å². The second-order valence-corrected chi connectivity index (χ2v) is 3.70. The normalized spacial score (nSPS) is 28.7. The Hall–Kier alpha value is -0.570. The number of hydrogen-bond donors (Lipinski definition) is 1. The Bertz CT molecular complexity index is 168. The van der Waals surface area contributed by atoms with Gasteiger partial charge in [0, 0.05) is 0 Å². The molecule has 2 unspecified atom stereocenters. The van der Waals surface area contributed by atoms with Crippen LogP contribution in [0.25, 0.3) is 0 Å². The van der Waals surface area contributed by atoms with Gasteiger partial charge in [0.25, 0.3) is 0 Å². The molecule has 1 aliphatic carbocycles. The molecule has 3 heteroatoms. The van der Waals surface area contributed by atoms with E-state index < -0.39 is 5.97 Å². The number of carbonyl (C=O) groups is 1. The summed E-state index contributed by atoms with van der Waals surface area (Å²) in [6.45, 7) is 2.01. The summed E-state index contributed by atoms with van der Waals surface area (Å²) < 4.78 is 5.35. The minimum absolute atomic E-state index is 0.138. The molecule has 1 aliphatic rings. The van der Waals surface area contributed by atoms with Gasteiger partial charge >= 0.3 is 5.97 Å². The van der Waals surface area contributed by atoms with Crippen molar-refractivity contribution in [1.29, 1.82) is 0 Å². The predicted octanol–water partition coefficient (Wildman–Crippen LogP) is 2.06. The van der Waals surface area contributed by atoms with Gasteiger partial charge < -0.3 is 9.84 Å².